The standard InChI is InChI=1S/C17H19BrN2O3S/c1-22-10-8-11(15(23-2)12(18)9-10)16(21)20-17-19-13-6-4-3-5-7-14(13)24-17/h8-9H,3-7H2,1-2H3,(H,19,20,21). The summed E-state index contributed by atoms with van der Waals surface area (Å²) in [5, 5.41) is 3.55. The highest BCUT2D eigenvalue weighted by Crippen LogP contribution is 2.35. The molecule has 7 heteroatoms. The summed E-state index contributed by atoms with van der Waals surface area (Å²) in [7, 11) is 3.10. The molecule has 0 saturated heterocycles. The summed E-state index contributed by atoms with van der Waals surface area (Å²) in [6.45, 7) is 0. The summed E-state index contributed by atoms with van der Waals surface area (Å²) < 4.78 is 11.3. The van der Waals surface area contributed by atoms with Crippen LogP contribution in [-0.2, 0) is 12.8 Å². The van der Waals surface area contributed by atoms with E-state index in [0.717, 1.165) is 18.5 Å². The first-order chi connectivity index (χ1) is 11.6. The molecule has 1 aromatic heterocycles. The number of hydrogen-bond donors (Lipinski definition) is 1. The van der Waals surface area contributed by atoms with E-state index in [1.165, 1.54) is 31.2 Å². The second kappa shape index (κ2) is 7.53. The third kappa shape index (κ3) is 3.57. The van der Waals surface area contributed by atoms with Crippen LogP contribution in [0.5, 0.6) is 11.5 Å². The summed E-state index contributed by atoms with van der Waals surface area (Å²) in [5.74, 6) is 0.810. The Morgan fingerprint density at radius 1 is 1.21 bits per heavy atom. The zero-order valence-corrected chi connectivity index (χ0v) is 16.1. The van der Waals surface area contributed by atoms with Gasteiger partial charge in [0.05, 0.1) is 29.9 Å². The minimum absolute atomic E-state index is 0.254. The maximum atomic E-state index is 12.7. The second-order valence-electron chi connectivity index (χ2n) is 5.59. The molecule has 0 radical (unpaired) electrons. The fourth-order valence-corrected chi connectivity index (χ4v) is 4.46. The Balaban J connectivity index is 1.86. The third-order valence-electron chi connectivity index (χ3n) is 4.02. The molecule has 0 fully saturated rings. The highest BCUT2D eigenvalue weighted by atomic mass is 79.9. The lowest BCUT2D eigenvalue weighted by molar-refractivity contribution is 0.102. The number of benzene rings is 1. The fourth-order valence-electron chi connectivity index (χ4n) is 2.81. The van der Waals surface area contributed by atoms with Gasteiger partial charge in [0.25, 0.3) is 5.91 Å². The molecule has 1 aromatic carbocycles. The first kappa shape index (κ1) is 17.2. The monoisotopic (exact) mass is 410 g/mol. The molecule has 1 aliphatic rings. The number of anilines is 1. The van der Waals surface area contributed by atoms with Crippen LogP contribution in [0.15, 0.2) is 16.6 Å². The molecule has 0 bridgehead atoms. The van der Waals surface area contributed by atoms with Crippen molar-refractivity contribution in [2.75, 3.05) is 19.5 Å². The Kier molecular flexibility index (Phi) is 5.40. The molecule has 3 rings (SSSR count). The number of aryl methyl sites for hydroxylation is 2. The van der Waals surface area contributed by atoms with Crippen molar-refractivity contribution >= 4 is 38.3 Å². The normalized spacial score (nSPS) is 13.8. The van der Waals surface area contributed by atoms with E-state index in [4.69, 9.17) is 9.47 Å². The molecule has 0 spiro atoms. The van der Waals surface area contributed by atoms with Gasteiger partial charge in [0, 0.05) is 4.88 Å². The van der Waals surface area contributed by atoms with Crippen molar-refractivity contribution in [3.8, 4) is 11.5 Å². The molecule has 1 amide bonds. The number of aromatic nitrogens is 1. The van der Waals surface area contributed by atoms with Crippen LogP contribution in [0.1, 0.15) is 40.2 Å². The van der Waals surface area contributed by atoms with Gasteiger partial charge in [-0.15, -0.1) is 11.3 Å². The van der Waals surface area contributed by atoms with Gasteiger partial charge in [-0.2, -0.15) is 0 Å². The van der Waals surface area contributed by atoms with Crippen molar-refractivity contribution in [3.63, 3.8) is 0 Å². The number of hydrogen-bond acceptors (Lipinski definition) is 5. The van der Waals surface area contributed by atoms with Crippen LogP contribution in [-0.4, -0.2) is 25.1 Å². The second-order valence-corrected chi connectivity index (χ2v) is 7.53. The molecule has 1 N–H and O–H groups in total. The smallest absolute Gasteiger partial charge is 0.261 e. The molecule has 0 unspecified atom stereocenters. The number of halogens is 1. The fraction of sp³-hybridized carbons (Fsp3) is 0.412. The average molecular weight is 411 g/mol. The lowest BCUT2D eigenvalue weighted by Gasteiger charge is -2.12. The largest absolute Gasteiger partial charge is 0.497 e. The molecule has 0 atom stereocenters. The molecule has 1 heterocycles. The Morgan fingerprint density at radius 2 is 2.00 bits per heavy atom. The Bertz CT molecular complexity index is 737. The number of carbonyl (C=O) groups excluding carboxylic acids is 1. The number of nitrogens with zero attached hydrogens (tertiary/aromatic N) is 1. The molecular weight excluding hydrogens is 392 g/mol. The maximum Gasteiger partial charge on any atom is 0.261 e. The van der Waals surface area contributed by atoms with E-state index in [1.54, 1.807) is 30.6 Å². The molecular formula is C17H19BrN2O3S. The molecule has 0 aliphatic heterocycles. The van der Waals surface area contributed by atoms with Gasteiger partial charge in [0.1, 0.15) is 11.5 Å². The maximum absolute atomic E-state index is 12.7. The molecule has 1 aliphatic carbocycles. The van der Waals surface area contributed by atoms with Crippen molar-refractivity contribution in [3.05, 3.63) is 32.7 Å². The predicted molar refractivity (Wildman–Crippen MR) is 98.6 cm³/mol. The highest BCUT2D eigenvalue weighted by Gasteiger charge is 2.20. The first-order valence-electron chi connectivity index (χ1n) is 7.84. The zero-order valence-electron chi connectivity index (χ0n) is 13.6. The lowest BCUT2D eigenvalue weighted by Crippen LogP contribution is -2.13. The number of ether oxygens (including phenoxy) is 2. The van der Waals surface area contributed by atoms with Gasteiger partial charge in [0.2, 0.25) is 0 Å². The highest BCUT2D eigenvalue weighted by molar-refractivity contribution is 9.10. The lowest BCUT2D eigenvalue weighted by atomic mass is 10.1. The van der Waals surface area contributed by atoms with E-state index in [-0.39, 0.29) is 5.91 Å². The van der Waals surface area contributed by atoms with Crippen molar-refractivity contribution in [1.29, 1.82) is 0 Å². The van der Waals surface area contributed by atoms with Crippen LogP contribution >= 0.6 is 27.3 Å². The van der Waals surface area contributed by atoms with Crippen molar-refractivity contribution in [2.45, 2.75) is 32.1 Å². The molecule has 2 aromatic rings. The Hall–Kier alpha value is -1.60. The summed E-state index contributed by atoms with van der Waals surface area (Å²) in [5.41, 5.74) is 1.54. The van der Waals surface area contributed by atoms with Crippen LogP contribution in [0, 0.1) is 0 Å². The van der Waals surface area contributed by atoms with Crippen LogP contribution in [0.25, 0.3) is 0 Å². The molecule has 0 saturated carbocycles. The van der Waals surface area contributed by atoms with Gasteiger partial charge in [-0.3, -0.25) is 10.1 Å². The number of nitrogens with one attached hydrogen (secondary N) is 1. The predicted octanol–water partition coefficient (Wildman–Crippen LogP) is 4.44. The van der Waals surface area contributed by atoms with Gasteiger partial charge >= 0.3 is 0 Å². The van der Waals surface area contributed by atoms with Gasteiger partial charge in [-0.25, -0.2) is 4.98 Å². The Morgan fingerprint density at radius 3 is 2.75 bits per heavy atom. The van der Waals surface area contributed by atoms with E-state index in [1.807, 2.05) is 0 Å². The van der Waals surface area contributed by atoms with Crippen LogP contribution < -0.4 is 14.8 Å². The average Bonchev–Trinajstić information content (AvgIpc) is 2.82. The summed E-state index contributed by atoms with van der Waals surface area (Å²) >= 11 is 4.98. The number of thiazole rings is 1. The molecule has 5 nitrogen and oxygen atoms in total. The SMILES string of the molecule is COc1cc(Br)c(OC)c(C(=O)Nc2nc3c(s2)CCCCC3)c1. The third-order valence-corrected chi connectivity index (χ3v) is 5.68. The number of amides is 1. The van der Waals surface area contributed by atoms with E-state index in [2.05, 4.69) is 26.2 Å². The van der Waals surface area contributed by atoms with Crippen LogP contribution in [0.3, 0.4) is 0 Å². The van der Waals surface area contributed by atoms with Crippen molar-refractivity contribution < 1.29 is 14.3 Å². The molecule has 24 heavy (non-hydrogen) atoms. The number of methoxy groups -OCH3 is 2. The quantitative estimate of drug-likeness (QED) is 0.756. The number of rotatable bonds is 4. The summed E-state index contributed by atoms with van der Waals surface area (Å²) in [6, 6.07) is 3.43. The van der Waals surface area contributed by atoms with Gasteiger partial charge in [0.15, 0.2) is 5.13 Å². The van der Waals surface area contributed by atoms with Gasteiger partial charge in [-0.1, -0.05) is 6.42 Å². The van der Waals surface area contributed by atoms with E-state index in [0.29, 0.717) is 26.7 Å². The van der Waals surface area contributed by atoms with Gasteiger partial charge in [-0.05, 0) is 53.7 Å². The minimum atomic E-state index is -0.254. The van der Waals surface area contributed by atoms with E-state index in [9.17, 15) is 4.79 Å². The van der Waals surface area contributed by atoms with Crippen LogP contribution in [0.2, 0.25) is 0 Å². The zero-order chi connectivity index (χ0) is 17.1. The topological polar surface area (TPSA) is 60.5 Å². The van der Waals surface area contributed by atoms with Gasteiger partial charge < -0.3 is 9.47 Å². The minimum Gasteiger partial charge on any atom is -0.497 e. The van der Waals surface area contributed by atoms with Crippen LogP contribution in [0.4, 0.5) is 5.13 Å². The Labute approximate surface area is 153 Å². The summed E-state index contributed by atoms with van der Waals surface area (Å²) in [4.78, 5) is 18.6. The van der Waals surface area contributed by atoms with Crippen molar-refractivity contribution in [2.24, 2.45) is 0 Å². The first-order valence-corrected chi connectivity index (χ1v) is 9.44. The van der Waals surface area contributed by atoms with E-state index >= 15 is 0 Å². The molecule has 128 valence electrons. The van der Waals surface area contributed by atoms with Crippen molar-refractivity contribution in [1.82, 2.24) is 4.98 Å². The summed E-state index contributed by atoms with van der Waals surface area (Å²) in [6.07, 6.45) is 5.66. The number of carbonyl (C=O) groups is 1. The van der Waals surface area contributed by atoms with E-state index < -0.39 is 0 Å². The number of fused-ring (bicyclic) bond motifs is 1.